The third-order valence-electron chi connectivity index (χ3n) is 4.69. The molecular weight excluding hydrogens is 442 g/mol. The van der Waals surface area contributed by atoms with E-state index in [1.165, 1.54) is 16.8 Å². The number of nitrogens with zero attached hydrogens (tertiary/aromatic N) is 5. The van der Waals surface area contributed by atoms with Crippen LogP contribution in [0.2, 0.25) is 0 Å². The van der Waals surface area contributed by atoms with E-state index in [2.05, 4.69) is 25.5 Å². The zero-order valence-corrected chi connectivity index (χ0v) is 18.1. The van der Waals surface area contributed by atoms with Crippen LogP contribution in [-0.4, -0.2) is 52.8 Å². The number of hydrogen-bond acceptors (Lipinski definition) is 9. The first-order valence-corrected chi connectivity index (χ1v) is 12.8. The summed E-state index contributed by atoms with van der Waals surface area (Å²) in [5, 5.41) is 14.6. The Hall–Kier alpha value is -3.32. The number of pyridine rings is 1. The highest BCUT2D eigenvalue weighted by molar-refractivity contribution is 8.67. The fourth-order valence-corrected chi connectivity index (χ4v) is 6.55. The van der Waals surface area contributed by atoms with E-state index in [4.69, 9.17) is 5.73 Å². The van der Waals surface area contributed by atoms with Crippen LogP contribution in [0.25, 0.3) is 11.2 Å². The van der Waals surface area contributed by atoms with Crippen molar-refractivity contribution < 1.29 is 16.8 Å². The molecule has 3 N–H and O–H groups in total. The molecule has 0 saturated heterocycles. The van der Waals surface area contributed by atoms with Gasteiger partial charge in [-0.3, -0.25) is 4.68 Å². The third kappa shape index (κ3) is 4.14. The molecule has 0 radical (unpaired) electrons. The molecule has 31 heavy (non-hydrogen) atoms. The molecule has 1 aromatic carbocycles. The van der Waals surface area contributed by atoms with Gasteiger partial charge in [0.25, 0.3) is 17.7 Å². The van der Waals surface area contributed by atoms with Gasteiger partial charge in [0.1, 0.15) is 11.3 Å². The van der Waals surface area contributed by atoms with Crippen molar-refractivity contribution in [1.29, 1.82) is 0 Å². The highest BCUT2D eigenvalue weighted by atomic mass is 33.2. The smallest absolute Gasteiger partial charge is 0.282 e. The van der Waals surface area contributed by atoms with Gasteiger partial charge in [0.2, 0.25) is 5.65 Å². The van der Waals surface area contributed by atoms with Crippen molar-refractivity contribution in [2.75, 3.05) is 11.5 Å². The van der Waals surface area contributed by atoms with Gasteiger partial charge in [0, 0.05) is 12.6 Å². The van der Waals surface area contributed by atoms with Crippen LogP contribution in [0.15, 0.2) is 47.6 Å². The number of rotatable bonds is 7. The molecule has 0 spiro atoms. The molecule has 0 aliphatic carbocycles. The molecule has 4 rings (SSSR count). The van der Waals surface area contributed by atoms with Gasteiger partial charge >= 0.3 is 0 Å². The van der Waals surface area contributed by atoms with Gasteiger partial charge in [-0.25, -0.2) is 21.8 Å². The normalized spacial score (nSPS) is 12.4. The molecule has 0 atom stereocenters. The monoisotopic (exact) mass is 461 g/mol. The van der Waals surface area contributed by atoms with Gasteiger partial charge < -0.3 is 5.73 Å². The number of H-pyrrole nitrogens is 1. The highest BCUT2D eigenvalue weighted by Crippen LogP contribution is 2.20. The zero-order chi connectivity index (χ0) is 22.2. The van der Waals surface area contributed by atoms with E-state index in [-0.39, 0.29) is 11.4 Å². The Morgan fingerprint density at radius 1 is 1.10 bits per heavy atom. The minimum Gasteiger partial charge on any atom is -0.384 e. The number of fused-ring (bicyclic) bond motifs is 1. The number of nitrogens with two attached hydrogens (primary N) is 1. The lowest BCUT2D eigenvalue weighted by molar-refractivity contribution is 0.574. The minimum absolute atomic E-state index is 0.106. The number of nitrogens with one attached hydrogen (secondary N) is 1. The molecule has 4 aromatic rings. The van der Waals surface area contributed by atoms with Crippen LogP contribution in [0.1, 0.15) is 16.7 Å². The Bertz CT molecular complexity index is 1460. The van der Waals surface area contributed by atoms with Crippen molar-refractivity contribution in [2.24, 2.45) is 0 Å². The van der Waals surface area contributed by atoms with Gasteiger partial charge in [0.05, 0.1) is 23.4 Å². The highest BCUT2D eigenvalue weighted by Gasteiger charge is 2.31. The predicted molar refractivity (Wildman–Crippen MR) is 113 cm³/mol. The molecule has 0 amide bonds. The summed E-state index contributed by atoms with van der Waals surface area (Å²) in [6, 6.07) is 7.37. The van der Waals surface area contributed by atoms with E-state index in [1.807, 2.05) is 0 Å². The van der Waals surface area contributed by atoms with E-state index in [9.17, 15) is 16.8 Å². The Balaban J connectivity index is 1.49. The van der Waals surface area contributed by atoms with E-state index in [1.54, 1.807) is 37.5 Å². The summed E-state index contributed by atoms with van der Waals surface area (Å²) < 4.78 is 51.4. The van der Waals surface area contributed by atoms with Crippen molar-refractivity contribution in [1.82, 2.24) is 30.2 Å². The number of aryl methyl sites for hydroxylation is 2. The first-order chi connectivity index (χ1) is 14.7. The lowest BCUT2D eigenvalue weighted by Gasteiger charge is -2.07. The maximum atomic E-state index is 12.5. The van der Waals surface area contributed by atoms with E-state index < -0.39 is 23.5 Å². The summed E-state index contributed by atoms with van der Waals surface area (Å²) >= 11 is 0. The van der Waals surface area contributed by atoms with E-state index in [0.29, 0.717) is 23.4 Å². The molecule has 162 valence electrons. The van der Waals surface area contributed by atoms with Crippen molar-refractivity contribution in [3.63, 3.8) is 0 Å². The summed E-state index contributed by atoms with van der Waals surface area (Å²) in [4.78, 5) is 3.84. The first-order valence-electron chi connectivity index (χ1n) is 9.17. The Kier molecular flexibility index (Phi) is 5.23. The van der Waals surface area contributed by atoms with Crippen LogP contribution in [0.4, 0.5) is 5.82 Å². The SMILES string of the molecule is Cc1ccc(S(=O)(=O)S(=O)(=O)CCn2cc(Cc3cc(N)nc4n[nH]nc34)cn2)cc1. The van der Waals surface area contributed by atoms with Crippen molar-refractivity contribution in [3.05, 3.63) is 59.4 Å². The quantitative estimate of drug-likeness (QED) is 0.379. The number of anilines is 1. The second-order valence-electron chi connectivity index (χ2n) is 7.02. The third-order valence-corrected chi connectivity index (χ3v) is 9.97. The van der Waals surface area contributed by atoms with Crippen LogP contribution in [-0.2, 0) is 30.7 Å². The maximum Gasteiger partial charge on any atom is 0.282 e. The van der Waals surface area contributed by atoms with Crippen molar-refractivity contribution >= 4 is 34.7 Å². The second kappa shape index (κ2) is 7.74. The number of aromatic amines is 1. The molecule has 0 aliphatic heterocycles. The van der Waals surface area contributed by atoms with Gasteiger partial charge in [-0.15, -0.1) is 5.10 Å². The molecule has 0 saturated carbocycles. The second-order valence-corrected chi connectivity index (χ2v) is 12.8. The lowest BCUT2D eigenvalue weighted by Crippen LogP contribution is -2.22. The van der Waals surface area contributed by atoms with E-state index >= 15 is 0 Å². The average Bonchev–Trinajstić information content (AvgIpc) is 3.36. The fraction of sp³-hybridized carbons (Fsp3) is 0.222. The van der Waals surface area contributed by atoms with Crippen LogP contribution >= 0.6 is 0 Å². The van der Waals surface area contributed by atoms with Gasteiger partial charge in [-0.05, 0) is 36.2 Å². The van der Waals surface area contributed by atoms with Gasteiger partial charge in [-0.1, -0.05) is 17.7 Å². The average molecular weight is 462 g/mol. The summed E-state index contributed by atoms with van der Waals surface area (Å²) in [5.41, 5.74) is 9.16. The maximum absolute atomic E-state index is 12.5. The topological polar surface area (TPSA) is 167 Å². The molecule has 0 bridgehead atoms. The van der Waals surface area contributed by atoms with Gasteiger partial charge in [-0.2, -0.15) is 15.4 Å². The molecule has 3 aromatic heterocycles. The molecule has 0 unspecified atom stereocenters. The first kappa shape index (κ1) is 20.9. The summed E-state index contributed by atoms with van der Waals surface area (Å²) in [6.07, 6.45) is 3.64. The molecule has 3 heterocycles. The van der Waals surface area contributed by atoms with Crippen LogP contribution in [0.5, 0.6) is 0 Å². The largest absolute Gasteiger partial charge is 0.384 e. The Labute approximate surface area is 177 Å². The molecular formula is C18H19N7O4S2. The Morgan fingerprint density at radius 3 is 2.58 bits per heavy atom. The van der Waals surface area contributed by atoms with Gasteiger partial charge in [0.15, 0.2) is 0 Å². The molecule has 13 heteroatoms. The number of nitrogen functional groups attached to an aromatic ring is 1. The predicted octanol–water partition coefficient (Wildman–Crippen LogP) is 0.835. The molecule has 0 fully saturated rings. The van der Waals surface area contributed by atoms with Crippen molar-refractivity contribution in [2.45, 2.75) is 24.8 Å². The van der Waals surface area contributed by atoms with Crippen LogP contribution in [0.3, 0.4) is 0 Å². The zero-order valence-electron chi connectivity index (χ0n) is 16.4. The fourth-order valence-electron chi connectivity index (χ4n) is 3.06. The summed E-state index contributed by atoms with van der Waals surface area (Å²) in [6.45, 7) is 1.68. The molecule has 0 aliphatic rings. The van der Waals surface area contributed by atoms with Crippen molar-refractivity contribution in [3.8, 4) is 0 Å². The standard InChI is InChI=1S/C18H19N7O4S2/c1-12-2-4-15(5-3-12)31(28,29)30(26,27)7-6-25-11-13(10-20-25)8-14-9-16(19)21-18-17(14)22-24-23-18/h2-5,9-11H,6-8H2,1H3,(H3,19,21,22,23,24). The van der Waals surface area contributed by atoms with Crippen LogP contribution in [0, 0.1) is 6.92 Å². The number of benzene rings is 1. The van der Waals surface area contributed by atoms with E-state index in [0.717, 1.165) is 16.7 Å². The number of aromatic nitrogens is 6. The molecule has 11 nitrogen and oxygen atoms in total. The Morgan fingerprint density at radius 2 is 1.84 bits per heavy atom. The lowest BCUT2D eigenvalue weighted by atomic mass is 10.1. The summed E-state index contributed by atoms with van der Waals surface area (Å²) in [7, 11) is -8.93. The summed E-state index contributed by atoms with van der Waals surface area (Å²) in [5.74, 6) is -0.295. The number of hydrogen-bond donors (Lipinski definition) is 2. The van der Waals surface area contributed by atoms with Crippen LogP contribution < -0.4 is 5.73 Å². The minimum atomic E-state index is -4.50.